The minimum Gasteiger partial charge on any atom is -0.361 e. The van der Waals surface area contributed by atoms with Gasteiger partial charge in [-0.05, 0) is 13.8 Å². The zero-order chi connectivity index (χ0) is 10.8. The fourth-order valence-electron chi connectivity index (χ4n) is 1.34. The number of aromatic nitrogens is 3. The maximum Gasteiger partial charge on any atom is 0.167 e. The van der Waals surface area contributed by atoms with E-state index in [1.54, 1.807) is 18.0 Å². The first-order chi connectivity index (χ1) is 7.18. The molecule has 0 fully saturated rings. The summed E-state index contributed by atoms with van der Waals surface area (Å²) in [7, 11) is 1.99. The molecular formula is C10H13N3OS. The van der Waals surface area contributed by atoms with E-state index in [0.717, 1.165) is 22.4 Å². The topological polar surface area (TPSA) is 43.9 Å². The number of nitrogens with zero attached hydrogens (tertiary/aromatic N) is 3. The molecule has 5 heteroatoms. The van der Waals surface area contributed by atoms with Crippen molar-refractivity contribution in [3.8, 4) is 0 Å². The maximum absolute atomic E-state index is 5.10. The molecule has 0 spiro atoms. The number of rotatable bonds is 3. The van der Waals surface area contributed by atoms with E-state index in [9.17, 15) is 0 Å². The van der Waals surface area contributed by atoms with Gasteiger partial charge in [-0.3, -0.25) is 0 Å². The summed E-state index contributed by atoms with van der Waals surface area (Å²) in [6, 6.07) is 0. The molecule has 0 aliphatic rings. The van der Waals surface area contributed by atoms with Crippen LogP contribution in [-0.4, -0.2) is 14.7 Å². The summed E-state index contributed by atoms with van der Waals surface area (Å²) >= 11 is 1.69. The van der Waals surface area contributed by atoms with Crippen molar-refractivity contribution in [1.29, 1.82) is 0 Å². The summed E-state index contributed by atoms with van der Waals surface area (Å²) in [6.45, 7) is 3.90. The van der Waals surface area contributed by atoms with Gasteiger partial charge in [-0.15, -0.1) is 0 Å². The van der Waals surface area contributed by atoms with Gasteiger partial charge in [0, 0.05) is 30.8 Å². The number of thioether (sulfide) groups is 1. The van der Waals surface area contributed by atoms with E-state index < -0.39 is 0 Å². The number of aryl methyl sites for hydroxylation is 3. The molecule has 0 aliphatic carbocycles. The molecule has 0 N–H and O–H groups in total. The summed E-state index contributed by atoms with van der Waals surface area (Å²) < 4.78 is 7.11. The fraction of sp³-hybridized carbons (Fsp3) is 0.400. The molecule has 0 bridgehead atoms. The quantitative estimate of drug-likeness (QED) is 0.749. The minimum absolute atomic E-state index is 0.853. The molecule has 2 heterocycles. The largest absolute Gasteiger partial charge is 0.361 e. The van der Waals surface area contributed by atoms with Crippen molar-refractivity contribution in [2.45, 2.75) is 24.8 Å². The lowest BCUT2D eigenvalue weighted by Crippen LogP contribution is -1.91. The highest BCUT2D eigenvalue weighted by Crippen LogP contribution is 2.24. The van der Waals surface area contributed by atoms with Crippen molar-refractivity contribution in [3.05, 3.63) is 29.4 Å². The Morgan fingerprint density at radius 3 is 2.80 bits per heavy atom. The van der Waals surface area contributed by atoms with E-state index in [0.29, 0.717) is 0 Å². The Morgan fingerprint density at radius 1 is 1.47 bits per heavy atom. The second kappa shape index (κ2) is 4.10. The highest BCUT2D eigenvalue weighted by atomic mass is 32.2. The summed E-state index contributed by atoms with van der Waals surface area (Å²) in [5, 5.41) is 4.93. The normalized spacial score (nSPS) is 10.9. The van der Waals surface area contributed by atoms with Gasteiger partial charge in [0.1, 0.15) is 5.76 Å². The molecule has 4 nitrogen and oxygen atoms in total. The van der Waals surface area contributed by atoms with Crippen LogP contribution in [0.4, 0.5) is 0 Å². The second-order valence-electron chi connectivity index (χ2n) is 3.41. The lowest BCUT2D eigenvalue weighted by atomic mass is 10.2. The molecule has 0 aliphatic heterocycles. The molecule has 0 saturated heterocycles. The van der Waals surface area contributed by atoms with Crippen LogP contribution in [0, 0.1) is 13.8 Å². The van der Waals surface area contributed by atoms with E-state index in [4.69, 9.17) is 4.52 Å². The summed E-state index contributed by atoms with van der Waals surface area (Å²) in [4.78, 5) is 4.25. The van der Waals surface area contributed by atoms with Crippen molar-refractivity contribution in [2.24, 2.45) is 7.05 Å². The first-order valence-electron chi connectivity index (χ1n) is 4.70. The molecule has 0 radical (unpaired) electrons. The average molecular weight is 223 g/mol. The predicted octanol–water partition coefficient (Wildman–Crippen LogP) is 2.32. The van der Waals surface area contributed by atoms with Crippen LogP contribution < -0.4 is 0 Å². The van der Waals surface area contributed by atoms with E-state index in [1.165, 1.54) is 5.56 Å². The van der Waals surface area contributed by atoms with E-state index >= 15 is 0 Å². The Hall–Kier alpha value is -1.23. The van der Waals surface area contributed by atoms with E-state index in [1.807, 2.05) is 31.7 Å². The molecule has 0 atom stereocenters. The molecule has 0 amide bonds. The monoisotopic (exact) mass is 223 g/mol. The smallest absolute Gasteiger partial charge is 0.167 e. The standard InChI is InChI=1S/C10H13N3OS/c1-7-9(8(2)14-12-7)6-15-10-11-4-5-13(10)3/h4-5H,6H2,1-3H3. The second-order valence-corrected chi connectivity index (χ2v) is 4.35. The zero-order valence-electron chi connectivity index (χ0n) is 9.02. The van der Waals surface area contributed by atoms with Gasteiger partial charge >= 0.3 is 0 Å². The van der Waals surface area contributed by atoms with Crippen LogP contribution in [0.5, 0.6) is 0 Å². The van der Waals surface area contributed by atoms with Gasteiger partial charge in [0.05, 0.1) is 5.69 Å². The Morgan fingerprint density at radius 2 is 2.27 bits per heavy atom. The van der Waals surface area contributed by atoms with E-state index in [2.05, 4.69) is 10.1 Å². The molecule has 0 unspecified atom stereocenters. The Balaban J connectivity index is 2.08. The minimum atomic E-state index is 0.853. The Bertz CT molecular complexity index is 441. The van der Waals surface area contributed by atoms with Gasteiger partial charge in [-0.2, -0.15) is 0 Å². The van der Waals surface area contributed by atoms with E-state index in [-0.39, 0.29) is 0 Å². The van der Waals surface area contributed by atoms with Crippen LogP contribution in [-0.2, 0) is 12.8 Å². The van der Waals surface area contributed by atoms with Crippen molar-refractivity contribution < 1.29 is 4.52 Å². The summed E-state index contributed by atoms with van der Waals surface area (Å²) in [6.07, 6.45) is 3.74. The number of hydrogen-bond acceptors (Lipinski definition) is 4. The molecule has 0 saturated carbocycles. The van der Waals surface area contributed by atoms with Gasteiger partial charge in [0.2, 0.25) is 0 Å². The highest BCUT2D eigenvalue weighted by molar-refractivity contribution is 7.98. The fourth-order valence-corrected chi connectivity index (χ4v) is 2.42. The maximum atomic E-state index is 5.10. The molecule has 0 aromatic carbocycles. The summed E-state index contributed by atoms with van der Waals surface area (Å²) in [5.41, 5.74) is 2.14. The van der Waals surface area contributed by atoms with Crippen LogP contribution in [0.1, 0.15) is 17.0 Å². The Labute approximate surface area is 92.7 Å². The number of hydrogen-bond donors (Lipinski definition) is 0. The zero-order valence-corrected chi connectivity index (χ0v) is 9.84. The van der Waals surface area contributed by atoms with Crippen molar-refractivity contribution in [1.82, 2.24) is 14.7 Å². The SMILES string of the molecule is Cc1noc(C)c1CSc1nccn1C. The molecule has 2 rings (SSSR count). The lowest BCUT2D eigenvalue weighted by molar-refractivity contribution is 0.392. The van der Waals surface area contributed by atoms with Crippen LogP contribution in [0.15, 0.2) is 22.1 Å². The third kappa shape index (κ3) is 2.07. The molecule has 2 aromatic rings. The van der Waals surface area contributed by atoms with Gasteiger partial charge in [0.15, 0.2) is 5.16 Å². The van der Waals surface area contributed by atoms with Crippen LogP contribution in [0.2, 0.25) is 0 Å². The first kappa shape index (κ1) is 10.3. The first-order valence-corrected chi connectivity index (χ1v) is 5.69. The molecular weight excluding hydrogens is 210 g/mol. The van der Waals surface area contributed by atoms with Gasteiger partial charge < -0.3 is 9.09 Å². The van der Waals surface area contributed by atoms with Crippen LogP contribution >= 0.6 is 11.8 Å². The molecule has 80 valence electrons. The average Bonchev–Trinajstić information content (AvgIpc) is 2.73. The van der Waals surface area contributed by atoms with Crippen molar-refractivity contribution in [2.75, 3.05) is 0 Å². The van der Waals surface area contributed by atoms with Gasteiger partial charge in [-0.1, -0.05) is 16.9 Å². The predicted molar refractivity (Wildman–Crippen MR) is 58.7 cm³/mol. The van der Waals surface area contributed by atoms with Gasteiger partial charge in [0.25, 0.3) is 0 Å². The van der Waals surface area contributed by atoms with Gasteiger partial charge in [-0.25, -0.2) is 4.98 Å². The van der Waals surface area contributed by atoms with Crippen molar-refractivity contribution in [3.63, 3.8) is 0 Å². The highest BCUT2D eigenvalue weighted by Gasteiger charge is 2.10. The van der Waals surface area contributed by atoms with Crippen LogP contribution in [0.25, 0.3) is 0 Å². The van der Waals surface area contributed by atoms with Crippen LogP contribution in [0.3, 0.4) is 0 Å². The third-order valence-corrected chi connectivity index (χ3v) is 3.39. The Kier molecular flexibility index (Phi) is 2.81. The summed E-state index contributed by atoms with van der Waals surface area (Å²) in [5.74, 6) is 1.75. The number of imidazole rings is 1. The van der Waals surface area contributed by atoms with Crippen molar-refractivity contribution >= 4 is 11.8 Å². The molecule has 2 aromatic heterocycles. The molecule has 15 heavy (non-hydrogen) atoms. The third-order valence-electron chi connectivity index (χ3n) is 2.30. The lowest BCUT2D eigenvalue weighted by Gasteiger charge is -2.00.